The summed E-state index contributed by atoms with van der Waals surface area (Å²) in [7, 11) is 0. The smallest absolute Gasteiger partial charge is 0.255 e. The maximum absolute atomic E-state index is 12.4. The molecule has 4 rings (SSSR count). The normalized spacial score (nSPS) is 15.3. The number of nitrogens with zero attached hydrogens (tertiary/aromatic N) is 4. The number of H-pyrrole nitrogens is 1. The highest BCUT2D eigenvalue weighted by molar-refractivity contribution is 7.15. The molecular weight excluding hydrogens is 322 g/mol. The lowest BCUT2D eigenvalue weighted by atomic mass is 10.1. The predicted octanol–water partition coefficient (Wildman–Crippen LogP) is 2.47. The van der Waals surface area contributed by atoms with E-state index in [9.17, 15) is 4.79 Å². The molecule has 0 atom stereocenters. The molecule has 1 aliphatic rings. The maximum atomic E-state index is 12.4. The van der Waals surface area contributed by atoms with E-state index in [0.717, 1.165) is 47.2 Å². The topological polar surface area (TPSA) is 66.3 Å². The van der Waals surface area contributed by atoms with Crippen molar-refractivity contribution in [3.8, 4) is 0 Å². The fraction of sp³-hybridized carbons (Fsp3) is 0.471. The van der Waals surface area contributed by atoms with Crippen LogP contribution in [0.25, 0.3) is 4.96 Å². The Bertz CT molecular complexity index is 952. The van der Waals surface area contributed by atoms with Crippen LogP contribution in [-0.2, 0) is 19.5 Å². The number of hydrogen-bond donors (Lipinski definition) is 1. The number of nitrogens with one attached hydrogen (secondary N) is 1. The Labute approximate surface area is 144 Å². The van der Waals surface area contributed by atoms with E-state index in [1.807, 2.05) is 13.8 Å². The average molecular weight is 343 g/mol. The van der Waals surface area contributed by atoms with Crippen LogP contribution in [0.4, 0.5) is 0 Å². The van der Waals surface area contributed by atoms with Gasteiger partial charge in [-0.25, -0.2) is 9.97 Å². The van der Waals surface area contributed by atoms with Crippen molar-refractivity contribution in [2.45, 2.75) is 46.2 Å². The SMILES string of the molecule is Cc1nc2sccn2c1CN1CCc2nc(C(C)C)[nH]c(=O)c2C1. The first-order chi connectivity index (χ1) is 11.5. The summed E-state index contributed by atoms with van der Waals surface area (Å²) in [5, 5.41) is 2.05. The fourth-order valence-electron chi connectivity index (χ4n) is 3.25. The average Bonchev–Trinajstić information content (AvgIpc) is 3.10. The van der Waals surface area contributed by atoms with Gasteiger partial charge in [-0.2, -0.15) is 0 Å². The summed E-state index contributed by atoms with van der Waals surface area (Å²) < 4.78 is 2.15. The number of fused-ring (bicyclic) bond motifs is 2. The van der Waals surface area contributed by atoms with Crippen molar-refractivity contribution in [2.24, 2.45) is 0 Å². The first kappa shape index (κ1) is 15.5. The van der Waals surface area contributed by atoms with E-state index in [0.29, 0.717) is 6.54 Å². The molecule has 6 nitrogen and oxygen atoms in total. The molecule has 3 aromatic rings. The Morgan fingerprint density at radius 2 is 2.21 bits per heavy atom. The largest absolute Gasteiger partial charge is 0.310 e. The van der Waals surface area contributed by atoms with Crippen LogP contribution in [-0.4, -0.2) is 30.8 Å². The molecule has 24 heavy (non-hydrogen) atoms. The zero-order chi connectivity index (χ0) is 16.8. The Morgan fingerprint density at radius 1 is 1.38 bits per heavy atom. The molecule has 126 valence electrons. The van der Waals surface area contributed by atoms with Crippen LogP contribution in [0.1, 0.15) is 48.2 Å². The standard InChI is InChI=1S/C17H21N5OS/c1-10(2)15-19-13-4-5-21(8-12(13)16(23)20-15)9-14-11(3)18-17-22(14)6-7-24-17/h6-7,10H,4-5,8-9H2,1-3H3,(H,19,20,23). The number of rotatable bonds is 3. The maximum Gasteiger partial charge on any atom is 0.255 e. The summed E-state index contributed by atoms with van der Waals surface area (Å²) in [4.78, 5) is 28.0. The van der Waals surface area contributed by atoms with Gasteiger partial charge >= 0.3 is 0 Å². The quantitative estimate of drug-likeness (QED) is 0.793. The van der Waals surface area contributed by atoms with E-state index in [-0.39, 0.29) is 11.5 Å². The van der Waals surface area contributed by atoms with Crippen LogP contribution < -0.4 is 5.56 Å². The molecule has 0 saturated heterocycles. The summed E-state index contributed by atoms with van der Waals surface area (Å²) >= 11 is 1.65. The van der Waals surface area contributed by atoms with Crippen LogP contribution in [0, 0.1) is 6.92 Å². The van der Waals surface area contributed by atoms with Crippen LogP contribution in [0.15, 0.2) is 16.4 Å². The van der Waals surface area contributed by atoms with Gasteiger partial charge in [0.15, 0.2) is 4.96 Å². The molecular formula is C17H21N5OS. The molecule has 0 amide bonds. The summed E-state index contributed by atoms with van der Waals surface area (Å²) in [6.07, 6.45) is 2.89. The highest BCUT2D eigenvalue weighted by Gasteiger charge is 2.23. The predicted molar refractivity (Wildman–Crippen MR) is 94.6 cm³/mol. The first-order valence-electron chi connectivity index (χ1n) is 8.28. The van der Waals surface area contributed by atoms with Crippen molar-refractivity contribution < 1.29 is 0 Å². The third-order valence-corrected chi connectivity index (χ3v) is 5.40. The second-order valence-corrected chi connectivity index (χ2v) is 7.56. The number of hydrogen-bond acceptors (Lipinski definition) is 5. The molecule has 0 unspecified atom stereocenters. The monoisotopic (exact) mass is 343 g/mol. The second-order valence-electron chi connectivity index (χ2n) is 6.69. The Kier molecular flexibility index (Phi) is 3.77. The molecule has 0 fully saturated rings. The fourth-order valence-corrected chi connectivity index (χ4v) is 4.03. The minimum Gasteiger partial charge on any atom is -0.310 e. The van der Waals surface area contributed by atoms with Gasteiger partial charge in [-0.05, 0) is 6.92 Å². The van der Waals surface area contributed by atoms with E-state index in [2.05, 4.69) is 42.8 Å². The van der Waals surface area contributed by atoms with E-state index < -0.39 is 0 Å². The van der Waals surface area contributed by atoms with Crippen LogP contribution in [0.3, 0.4) is 0 Å². The van der Waals surface area contributed by atoms with Crippen molar-refractivity contribution in [1.82, 2.24) is 24.3 Å². The lowest BCUT2D eigenvalue weighted by Crippen LogP contribution is -2.36. The lowest BCUT2D eigenvalue weighted by Gasteiger charge is -2.27. The van der Waals surface area contributed by atoms with Crippen LogP contribution in [0.5, 0.6) is 0 Å². The number of aromatic nitrogens is 4. The van der Waals surface area contributed by atoms with Gasteiger partial charge in [0.1, 0.15) is 5.82 Å². The zero-order valence-corrected chi connectivity index (χ0v) is 15.0. The van der Waals surface area contributed by atoms with Gasteiger partial charge in [0.05, 0.1) is 22.6 Å². The van der Waals surface area contributed by atoms with E-state index in [1.165, 1.54) is 5.69 Å². The van der Waals surface area contributed by atoms with Crippen molar-refractivity contribution in [2.75, 3.05) is 6.54 Å². The molecule has 3 aromatic heterocycles. The number of imidazole rings is 1. The number of aryl methyl sites for hydroxylation is 1. The van der Waals surface area contributed by atoms with Gasteiger partial charge in [0.25, 0.3) is 5.56 Å². The molecule has 1 N–H and O–H groups in total. The molecule has 0 radical (unpaired) electrons. The minimum atomic E-state index is 0.0130. The zero-order valence-electron chi connectivity index (χ0n) is 14.2. The van der Waals surface area contributed by atoms with Crippen LogP contribution >= 0.6 is 11.3 Å². The third-order valence-electron chi connectivity index (χ3n) is 4.65. The van der Waals surface area contributed by atoms with E-state index >= 15 is 0 Å². The van der Waals surface area contributed by atoms with E-state index in [4.69, 9.17) is 0 Å². The Hall–Kier alpha value is -1.99. The first-order valence-corrected chi connectivity index (χ1v) is 9.16. The highest BCUT2D eigenvalue weighted by atomic mass is 32.1. The van der Waals surface area contributed by atoms with Gasteiger partial charge in [0, 0.05) is 43.5 Å². The number of thiazole rings is 1. The minimum absolute atomic E-state index is 0.0130. The third kappa shape index (κ3) is 2.57. The van der Waals surface area contributed by atoms with Gasteiger partial charge in [-0.15, -0.1) is 11.3 Å². The molecule has 0 aromatic carbocycles. The Balaban J connectivity index is 1.62. The molecule has 1 aliphatic heterocycles. The molecule has 0 bridgehead atoms. The summed E-state index contributed by atoms with van der Waals surface area (Å²) in [5.74, 6) is 1.03. The molecule has 0 aliphatic carbocycles. The lowest BCUT2D eigenvalue weighted by molar-refractivity contribution is 0.237. The summed E-state index contributed by atoms with van der Waals surface area (Å²) in [5.41, 5.74) is 4.06. The van der Waals surface area contributed by atoms with Gasteiger partial charge in [-0.3, -0.25) is 14.1 Å². The van der Waals surface area contributed by atoms with Crippen molar-refractivity contribution in [3.63, 3.8) is 0 Å². The number of aromatic amines is 1. The summed E-state index contributed by atoms with van der Waals surface area (Å²) in [6.45, 7) is 8.51. The second kappa shape index (κ2) is 5.82. The summed E-state index contributed by atoms with van der Waals surface area (Å²) in [6, 6.07) is 0. The molecule has 0 spiro atoms. The van der Waals surface area contributed by atoms with Crippen molar-refractivity contribution in [3.05, 3.63) is 50.4 Å². The Morgan fingerprint density at radius 3 is 3.00 bits per heavy atom. The molecule has 7 heteroatoms. The van der Waals surface area contributed by atoms with E-state index in [1.54, 1.807) is 11.3 Å². The van der Waals surface area contributed by atoms with Gasteiger partial charge in [-0.1, -0.05) is 13.8 Å². The van der Waals surface area contributed by atoms with Crippen molar-refractivity contribution in [1.29, 1.82) is 0 Å². The van der Waals surface area contributed by atoms with Crippen molar-refractivity contribution >= 4 is 16.3 Å². The highest BCUT2D eigenvalue weighted by Crippen LogP contribution is 2.22. The molecule has 4 heterocycles. The van der Waals surface area contributed by atoms with Gasteiger partial charge in [0.2, 0.25) is 0 Å². The van der Waals surface area contributed by atoms with Crippen LogP contribution in [0.2, 0.25) is 0 Å². The van der Waals surface area contributed by atoms with Gasteiger partial charge < -0.3 is 4.98 Å². The molecule has 0 saturated carbocycles.